The quantitative estimate of drug-likeness (QED) is 0.787. The zero-order valence-electron chi connectivity index (χ0n) is 9.58. The maximum Gasteiger partial charge on any atom is 0.176 e. The Labute approximate surface area is 95.6 Å². The predicted octanol–water partition coefficient (Wildman–Crippen LogP) is 1.72. The van der Waals surface area contributed by atoms with Crippen molar-refractivity contribution >= 4 is 5.78 Å². The minimum atomic E-state index is 0.0285. The van der Waals surface area contributed by atoms with Crippen LogP contribution in [0.15, 0.2) is 12.1 Å². The van der Waals surface area contributed by atoms with Crippen LogP contribution in [-0.4, -0.2) is 19.4 Å². The van der Waals surface area contributed by atoms with Crippen LogP contribution in [-0.2, 0) is 12.8 Å². The maximum absolute atomic E-state index is 11.7. The van der Waals surface area contributed by atoms with Crippen LogP contribution in [0.4, 0.5) is 0 Å². The van der Waals surface area contributed by atoms with Gasteiger partial charge < -0.3 is 10.5 Å². The Bertz CT molecular complexity index is 413. The lowest BCUT2D eigenvalue weighted by Crippen LogP contribution is -2.18. The Morgan fingerprint density at radius 2 is 2.00 bits per heavy atom. The van der Waals surface area contributed by atoms with Gasteiger partial charge in [-0.3, -0.25) is 4.79 Å². The third-order valence-electron chi connectivity index (χ3n) is 3.20. The molecule has 1 aliphatic rings. The number of ether oxygens (including phenoxy) is 1. The number of carbonyl (C=O) groups excluding carboxylic acids is 1. The van der Waals surface area contributed by atoms with Gasteiger partial charge in [0.2, 0.25) is 0 Å². The van der Waals surface area contributed by atoms with E-state index in [2.05, 4.69) is 0 Å². The summed E-state index contributed by atoms with van der Waals surface area (Å²) in [6, 6.07) is 3.73. The molecule has 0 bridgehead atoms. The second-order valence-electron chi connectivity index (χ2n) is 4.11. The van der Waals surface area contributed by atoms with Crippen LogP contribution in [0.25, 0.3) is 0 Å². The average molecular weight is 219 g/mol. The van der Waals surface area contributed by atoms with Gasteiger partial charge in [-0.25, -0.2) is 0 Å². The molecule has 0 saturated heterocycles. The van der Waals surface area contributed by atoms with Crippen LogP contribution in [0.3, 0.4) is 0 Å². The van der Waals surface area contributed by atoms with Crippen LogP contribution >= 0.6 is 0 Å². The zero-order chi connectivity index (χ0) is 11.5. The summed E-state index contributed by atoms with van der Waals surface area (Å²) in [5.74, 6) is 0.934. The number of ketones is 1. The van der Waals surface area contributed by atoms with E-state index >= 15 is 0 Å². The fraction of sp³-hybridized carbons (Fsp3) is 0.462. The van der Waals surface area contributed by atoms with E-state index in [0.29, 0.717) is 0 Å². The molecule has 0 aromatic heterocycles. The molecule has 0 fully saturated rings. The van der Waals surface area contributed by atoms with E-state index in [0.717, 1.165) is 36.1 Å². The molecule has 0 radical (unpaired) electrons. The molecule has 1 aromatic rings. The van der Waals surface area contributed by atoms with E-state index in [1.54, 1.807) is 7.11 Å². The summed E-state index contributed by atoms with van der Waals surface area (Å²) in [7, 11) is 1.68. The Morgan fingerprint density at radius 3 is 2.62 bits per heavy atom. The van der Waals surface area contributed by atoms with Crippen molar-refractivity contribution in [1.82, 2.24) is 0 Å². The fourth-order valence-electron chi connectivity index (χ4n) is 2.40. The SMILES string of the molecule is COc1ccc(C(=O)CN)c2c1CCCC2. The lowest BCUT2D eigenvalue weighted by molar-refractivity contribution is 0.1000. The summed E-state index contributed by atoms with van der Waals surface area (Å²) in [4.78, 5) is 11.7. The molecule has 0 saturated carbocycles. The van der Waals surface area contributed by atoms with Crippen molar-refractivity contribution in [2.75, 3.05) is 13.7 Å². The number of benzene rings is 1. The van der Waals surface area contributed by atoms with Gasteiger partial charge in [0.15, 0.2) is 5.78 Å². The van der Waals surface area contributed by atoms with Gasteiger partial charge in [-0.05, 0) is 48.9 Å². The number of nitrogens with two attached hydrogens (primary N) is 1. The summed E-state index contributed by atoms with van der Waals surface area (Å²) in [6.45, 7) is 0.0821. The first-order valence-corrected chi connectivity index (χ1v) is 5.70. The van der Waals surface area contributed by atoms with Gasteiger partial charge in [0.05, 0.1) is 13.7 Å². The highest BCUT2D eigenvalue weighted by Crippen LogP contribution is 2.32. The highest BCUT2D eigenvalue weighted by Gasteiger charge is 2.20. The van der Waals surface area contributed by atoms with Crippen molar-refractivity contribution in [3.63, 3.8) is 0 Å². The number of carbonyl (C=O) groups is 1. The summed E-state index contributed by atoms with van der Waals surface area (Å²) < 4.78 is 5.34. The summed E-state index contributed by atoms with van der Waals surface area (Å²) in [5.41, 5.74) is 8.57. The molecule has 2 N–H and O–H groups in total. The van der Waals surface area contributed by atoms with Gasteiger partial charge >= 0.3 is 0 Å². The van der Waals surface area contributed by atoms with Gasteiger partial charge in [0.1, 0.15) is 5.75 Å². The highest BCUT2D eigenvalue weighted by molar-refractivity contribution is 5.99. The number of hydrogen-bond acceptors (Lipinski definition) is 3. The average Bonchev–Trinajstić information content (AvgIpc) is 2.36. The fourth-order valence-corrected chi connectivity index (χ4v) is 2.40. The first-order valence-electron chi connectivity index (χ1n) is 5.70. The molecule has 2 rings (SSSR count). The molecule has 1 aromatic carbocycles. The molecule has 0 aliphatic heterocycles. The zero-order valence-corrected chi connectivity index (χ0v) is 9.58. The van der Waals surface area contributed by atoms with Crippen molar-refractivity contribution in [2.24, 2.45) is 5.73 Å². The first kappa shape index (κ1) is 11.1. The van der Waals surface area contributed by atoms with Crippen LogP contribution in [0.1, 0.15) is 34.3 Å². The second-order valence-corrected chi connectivity index (χ2v) is 4.11. The maximum atomic E-state index is 11.7. The molecule has 0 heterocycles. The molecule has 86 valence electrons. The Hall–Kier alpha value is -1.35. The lowest BCUT2D eigenvalue weighted by Gasteiger charge is -2.21. The monoisotopic (exact) mass is 219 g/mol. The van der Waals surface area contributed by atoms with E-state index in [1.165, 1.54) is 12.0 Å². The molecule has 0 spiro atoms. The molecule has 16 heavy (non-hydrogen) atoms. The van der Waals surface area contributed by atoms with Gasteiger partial charge in [0, 0.05) is 5.56 Å². The summed E-state index contributed by atoms with van der Waals surface area (Å²) >= 11 is 0. The largest absolute Gasteiger partial charge is 0.496 e. The number of rotatable bonds is 3. The minimum Gasteiger partial charge on any atom is -0.496 e. The van der Waals surface area contributed by atoms with E-state index in [-0.39, 0.29) is 12.3 Å². The van der Waals surface area contributed by atoms with Crippen LogP contribution in [0.5, 0.6) is 5.75 Å². The molecular formula is C13H17NO2. The molecule has 0 amide bonds. The number of Topliss-reactive ketones (excluding diaryl/α,β-unsaturated/α-hetero) is 1. The number of hydrogen-bond donors (Lipinski definition) is 1. The van der Waals surface area contributed by atoms with E-state index in [4.69, 9.17) is 10.5 Å². The summed E-state index contributed by atoms with van der Waals surface area (Å²) in [6.07, 6.45) is 4.28. The predicted molar refractivity (Wildman–Crippen MR) is 63.0 cm³/mol. The van der Waals surface area contributed by atoms with Crippen molar-refractivity contribution in [3.8, 4) is 5.75 Å². The van der Waals surface area contributed by atoms with Crippen molar-refractivity contribution in [3.05, 3.63) is 28.8 Å². The smallest absolute Gasteiger partial charge is 0.176 e. The van der Waals surface area contributed by atoms with Crippen LogP contribution in [0.2, 0.25) is 0 Å². The van der Waals surface area contributed by atoms with Crippen LogP contribution in [0, 0.1) is 0 Å². The van der Waals surface area contributed by atoms with Gasteiger partial charge in [-0.15, -0.1) is 0 Å². The Morgan fingerprint density at radius 1 is 1.31 bits per heavy atom. The van der Waals surface area contributed by atoms with Gasteiger partial charge in [-0.1, -0.05) is 0 Å². The van der Waals surface area contributed by atoms with E-state index < -0.39 is 0 Å². The normalized spacial score (nSPS) is 14.4. The molecule has 0 atom stereocenters. The Balaban J connectivity index is 2.52. The first-order chi connectivity index (χ1) is 7.77. The molecular weight excluding hydrogens is 202 g/mol. The second kappa shape index (κ2) is 4.66. The molecule has 3 nitrogen and oxygen atoms in total. The Kier molecular flexibility index (Phi) is 3.25. The van der Waals surface area contributed by atoms with Crippen LogP contribution < -0.4 is 10.5 Å². The third-order valence-corrected chi connectivity index (χ3v) is 3.20. The van der Waals surface area contributed by atoms with E-state index in [9.17, 15) is 4.79 Å². The topological polar surface area (TPSA) is 52.3 Å². The van der Waals surface area contributed by atoms with E-state index in [1.807, 2.05) is 12.1 Å². The van der Waals surface area contributed by atoms with Gasteiger partial charge in [0.25, 0.3) is 0 Å². The molecule has 0 unspecified atom stereocenters. The van der Waals surface area contributed by atoms with Gasteiger partial charge in [-0.2, -0.15) is 0 Å². The third kappa shape index (κ3) is 1.83. The number of methoxy groups -OCH3 is 1. The van der Waals surface area contributed by atoms with Crippen molar-refractivity contribution in [1.29, 1.82) is 0 Å². The highest BCUT2D eigenvalue weighted by atomic mass is 16.5. The summed E-state index contributed by atoms with van der Waals surface area (Å²) in [5, 5.41) is 0. The minimum absolute atomic E-state index is 0.0285. The van der Waals surface area contributed by atoms with Crippen molar-refractivity contribution < 1.29 is 9.53 Å². The lowest BCUT2D eigenvalue weighted by atomic mass is 9.86. The molecule has 1 aliphatic carbocycles. The molecule has 3 heteroatoms. The number of fused-ring (bicyclic) bond motifs is 1. The standard InChI is InChI=1S/C13H17NO2/c1-16-13-7-6-10(12(15)8-14)9-4-2-3-5-11(9)13/h6-7H,2-5,8,14H2,1H3. The van der Waals surface area contributed by atoms with Crippen molar-refractivity contribution in [2.45, 2.75) is 25.7 Å².